The lowest BCUT2D eigenvalue weighted by molar-refractivity contribution is 0.487. The molecule has 1 atom stereocenters. The number of aryl methyl sites for hydroxylation is 2. The van der Waals surface area contributed by atoms with Crippen molar-refractivity contribution in [2.24, 2.45) is 5.73 Å². The Kier molecular flexibility index (Phi) is 3.50. The third kappa shape index (κ3) is 2.76. The molecule has 4 heteroatoms. The Balaban J connectivity index is 2.23. The first-order valence-corrected chi connectivity index (χ1v) is 6.68. The molecule has 1 unspecified atom stereocenters. The van der Waals surface area contributed by atoms with Gasteiger partial charge in [-0.05, 0) is 44.9 Å². The molecule has 2 rings (SSSR count). The Bertz CT molecular complexity index is 524. The number of nitrogens with zero attached hydrogens (tertiary/aromatic N) is 1. The van der Waals surface area contributed by atoms with Crippen LogP contribution in [0.3, 0.4) is 0 Å². The molecule has 0 spiro atoms. The number of hydrogen-bond donors (Lipinski definition) is 1. The number of aromatic nitrogens is 1. The second-order valence-corrected chi connectivity index (χ2v) is 6.08. The minimum atomic E-state index is -0.512. The van der Waals surface area contributed by atoms with Gasteiger partial charge in [-0.3, -0.25) is 0 Å². The van der Waals surface area contributed by atoms with E-state index in [1.165, 1.54) is 17.0 Å². The number of nitrogens with two attached hydrogens (primary N) is 1. The predicted molar refractivity (Wildman–Crippen MR) is 73.2 cm³/mol. The number of thiazole rings is 1. The van der Waals surface area contributed by atoms with E-state index >= 15 is 0 Å². The summed E-state index contributed by atoms with van der Waals surface area (Å²) in [5, 5.41) is 0.932. The lowest BCUT2D eigenvalue weighted by atomic mass is 9.94. The molecule has 1 aromatic heterocycles. The van der Waals surface area contributed by atoms with Crippen LogP contribution < -0.4 is 5.73 Å². The molecule has 0 fully saturated rings. The lowest BCUT2D eigenvalue weighted by Gasteiger charge is -2.22. The molecule has 2 N–H and O–H groups in total. The third-order valence-electron chi connectivity index (χ3n) is 3.00. The molecule has 0 saturated heterocycles. The fourth-order valence-corrected chi connectivity index (χ4v) is 2.79. The van der Waals surface area contributed by atoms with Gasteiger partial charge >= 0.3 is 0 Å². The van der Waals surface area contributed by atoms with Crippen LogP contribution in [0.5, 0.6) is 0 Å². The van der Waals surface area contributed by atoms with E-state index in [9.17, 15) is 4.39 Å². The van der Waals surface area contributed by atoms with Crippen LogP contribution in [0.15, 0.2) is 24.3 Å². The molecular weight excluding hydrogens is 247 g/mol. The molecule has 0 saturated carbocycles. The first kappa shape index (κ1) is 13.2. The monoisotopic (exact) mass is 264 g/mol. The predicted octanol–water partition coefficient (Wildman–Crippen LogP) is 3.32. The molecule has 0 aliphatic heterocycles. The van der Waals surface area contributed by atoms with Crippen molar-refractivity contribution in [3.05, 3.63) is 51.2 Å². The number of hydrogen-bond acceptors (Lipinski definition) is 3. The molecule has 96 valence electrons. The zero-order valence-corrected chi connectivity index (χ0v) is 11.6. The van der Waals surface area contributed by atoms with Gasteiger partial charge in [0, 0.05) is 4.88 Å². The van der Waals surface area contributed by atoms with Crippen molar-refractivity contribution in [2.45, 2.75) is 32.7 Å². The van der Waals surface area contributed by atoms with Gasteiger partial charge in [-0.1, -0.05) is 12.1 Å². The van der Waals surface area contributed by atoms with Crippen LogP contribution in [0, 0.1) is 19.7 Å². The molecule has 0 bridgehead atoms. The van der Waals surface area contributed by atoms with Crippen LogP contribution in [-0.4, -0.2) is 4.98 Å². The van der Waals surface area contributed by atoms with Gasteiger partial charge in [0.15, 0.2) is 0 Å². The van der Waals surface area contributed by atoms with Gasteiger partial charge in [-0.2, -0.15) is 0 Å². The van der Waals surface area contributed by atoms with Crippen molar-refractivity contribution in [3.8, 4) is 0 Å². The van der Waals surface area contributed by atoms with Crippen LogP contribution >= 0.6 is 11.3 Å². The van der Waals surface area contributed by atoms with Gasteiger partial charge in [0.05, 0.1) is 11.2 Å². The van der Waals surface area contributed by atoms with E-state index < -0.39 is 5.54 Å². The van der Waals surface area contributed by atoms with Gasteiger partial charge in [-0.25, -0.2) is 9.37 Å². The third-order valence-corrected chi connectivity index (χ3v) is 4.35. The normalized spacial score (nSPS) is 14.5. The van der Waals surface area contributed by atoms with E-state index in [1.54, 1.807) is 23.5 Å². The Hall–Kier alpha value is -1.26. The van der Waals surface area contributed by atoms with Crippen LogP contribution in [-0.2, 0) is 12.0 Å². The topological polar surface area (TPSA) is 38.9 Å². The summed E-state index contributed by atoms with van der Waals surface area (Å²) in [4.78, 5) is 5.71. The lowest BCUT2D eigenvalue weighted by Crippen LogP contribution is -2.35. The zero-order chi connectivity index (χ0) is 13.3. The molecule has 2 aromatic rings. The van der Waals surface area contributed by atoms with Gasteiger partial charge in [0.1, 0.15) is 10.8 Å². The minimum Gasteiger partial charge on any atom is -0.319 e. The fourth-order valence-electron chi connectivity index (χ4n) is 1.82. The van der Waals surface area contributed by atoms with E-state index in [0.29, 0.717) is 6.42 Å². The van der Waals surface area contributed by atoms with E-state index in [1.807, 2.05) is 20.8 Å². The number of benzene rings is 1. The quantitative estimate of drug-likeness (QED) is 0.923. The highest BCUT2D eigenvalue weighted by molar-refractivity contribution is 7.11. The molecule has 1 aromatic carbocycles. The molecule has 0 radical (unpaired) electrons. The van der Waals surface area contributed by atoms with Crippen molar-refractivity contribution in [2.75, 3.05) is 0 Å². The second kappa shape index (κ2) is 4.78. The maximum absolute atomic E-state index is 12.9. The summed E-state index contributed by atoms with van der Waals surface area (Å²) in [5.41, 5.74) is 7.89. The standard InChI is InChI=1S/C14H17FN2S/c1-9-10(2)18-13(17-9)14(3,16)8-11-4-6-12(15)7-5-11/h4-7H,8,16H2,1-3H3. The fraction of sp³-hybridized carbons (Fsp3) is 0.357. The zero-order valence-electron chi connectivity index (χ0n) is 10.8. The maximum Gasteiger partial charge on any atom is 0.123 e. The molecule has 2 nitrogen and oxygen atoms in total. The first-order valence-electron chi connectivity index (χ1n) is 5.86. The van der Waals surface area contributed by atoms with E-state index in [4.69, 9.17) is 5.73 Å². The van der Waals surface area contributed by atoms with Crippen LogP contribution in [0.2, 0.25) is 0 Å². The highest BCUT2D eigenvalue weighted by atomic mass is 32.1. The summed E-state index contributed by atoms with van der Waals surface area (Å²) >= 11 is 1.63. The average Bonchev–Trinajstić information content (AvgIpc) is 2.63. The van der Waals surface area contributed by atoms with Gasteiger partial charge in [0.25, 0.3) is 0 Å². The molecule has 0 aliphatic carbocycles. The summed E-state index contributed by atoms with van der Waals surface area (Å²) in [6.07, 6.45) is 0.652. The summed E-state index contributed by atoms with van der Waals surface area (Å²) in [5.74, 6) is -0.224. The van der Waals surface area contributed by atoms with Crippen LogP contribution in [0.4, 0.5) is 4.39 Å². The van der Waals surface area contributed by atoms with Gasteiger partial charge < -0.3 is 5.73 Å². The van der Waals surface area contributed by atoms with E-state index in [-0.39, 0.29) is 5.82 Å². The molecule has 18 heavy (non-hydrogen) atoms. The SMILES string of the molecule is Cc1nc(C(C)(N)Cc2ccc(F)cc2)sc1C. The average molecular weight is 264 g/mol. The summed E-state index contributed by atoms with van der Waals surface area (Å²) in [6.45, 7) is 6.00. The van der Waals surface area contributed by atoms with Gasteiger partial charge in [0.2, 0.25) is 0 Å². The van der Waals surface area contributed by atoms with Crippen molar-refractivity contribution in [1.82, 2.24) is 4.98 Å². The Morgan fingerprint density at radius 2 is 1.89 bits per heavy atom. The molecule has 1 heterocycles. The minimum absolute atomic E-state index is 0.224. The first-order chi connectivity index (χ1) is 8.38. The van der Waals surface area contributed by atoms with Crippen LogP contribution in [0.1, 0.15) is 28.1 Å². The van der Waals surface area contributed by atoms with E-state index in [0.717, 1.165) is 16.3 Å². The Morgan fingerprint density at radius 1 is 1.28 bits per heavy atom. The van der Waals surface area contributed by atoms with Crippen LogP contribution in [0.25, 0.3) is 0 Å². The van der Waals surface area contributed by atoms with Crippen molar-refractivity contribution < 1.29 is 4.39 Å². The highest BCUT2D eigenvalue weighted by Gasteiger charge is 2.26. The summed E-state index contributed by atoms with van der Waals surface area (Å²) < 4.78 is 12.9. The molecular formula is C14H17FN2S. The Labute approximate surface area is 111 Å². The second-order valence-electron chi connectivity index (χ2n) is 4.88. The number of halogens is 1. The maximum atomic E-state index is 12.9. The van der Waals surface area contributed by atoms with Crippen molar-refractivity contribution in [3.63, 3.8) is 0 Å². The molecule has 0 aliphatic rings. The number of rotatable bonds is 3. The smallest absolute Gasteiger partial charge is 0.123 e. The van der Waals surface area contributed by atoms with Crippen molar-refractivity contribution in [1.29, 1.82) is 0 Å². The highest BCUT2D eigenvalue weighted by Crippen LogP contribution is 2.28. The van der Waals surface area contributed by atoms with E-state index in [2.05, 4.69) is 4.98 Å². The van der Waals surface area contributed by atoms with Gasteiger partial charge in [-0.15, -0.1) is 11.3 Å². The Morgan fingerprint density at radius 3 is 2.39 bits per heavy atom. The summed E-state index contributed by atoms with van der Waals surface area (Å²) in [7, 11) is 0. The summed E-state index contributed by atoms with van der Waals surface area (Å²) in [6, 6.07) is 6.47. The molecule has 0 amide bonds. The van der Waals surface area contributed by atoms with Crippen molar-refractivity contribution >= 4 is 11.3 Å². The largest absolute Gasteiger partial charge is 0.319 e.